The van der Waals surface area contributed by atoms with Crippen LogP contribution in [0.1, 0.15) is 4.88 Å². The van der Waals surface area contributed by atoms with Gasteiger partial charge in [-0.3, -0.25) is 0 Å². The summed E-state index contributed by atoms with van der Waals surface area (Å²) in [5.74, 6) is 0. The number of hydrogen-bond donors (Lipinski definition) is 2. The van der Waals surface area contributed by atoms with Crippen molar-refractivity contribution in [3.8, 4) is 11.3 Å². The first-order valence-electron chi connectivity index (χ1n) is 6.26. The smallest absolute Gasteiger partial charge is 0.185 e. The first-order chi connectivity index (χ1) is 9.22. The van der Waals surface area contributed by atoms with Crippen molar-refractivity contribution in [1.82, 2.24) is 10.3 Å². The number of nitrogens with one attached hydrogen (secondary N) is 1. The average Bonchev–Trinajstić information content (AvgIpc) is 2.84. The molecule has 4 nitrogen and oxygen atoms in total. The third-order valence-electron chi connectivity index (χ3n) is 2.69. The Kier molecular flexibility index (Phi) is 4.90. The molecule has 0 spiro atoms. The number of thiazole rings is 1. The highest BCUT2D eigenvalue weighted by Crippen LogP contribution is 2.32. The molecule has 0 unspecified atom stereocenters. The zero-order valence-electron chi connectivity index (χ0n) is 11.3. The molecule has 0 saturated carbocycles. The molecule has 0 radical (unpaired) electrons. The lowest BCUT2D eigenvalue weighted by Crippen LogP contribution is -2.17. The van der Waals surface area contributed by atoms with Crippen LogP contribution in [-0.4, -0.2) is 37.3 Å². The van der Waals surface area contributed by atoms with E-state index >= 15 is 0 Å². The summed E-state index contributed by atoms with van der Waals surface area (Å²) in [5, 5.41) is 13.1. The third kappa shape index (κ3) is 3.53. The van der Waals surface area contributed by atoms with E-state index in [9.17, 15) is 0 Å². The van der Waals surface area contributed by atoms with Gasteiger partial charge in [-0.15, -0.1) is 0 Å². The summed E-state index contributed by atoms with van der Waals surface area (Å²) in [6.07, 6.45) is 0. The van der Waals surface area contributed by atoms with Crippen molar-refractivity contribution in [2.24, 2.45) is 0 Å². The summed E-state index contributed by atoms with van der Waals surface area (Å²) in [7, 11) is 4.00. The number of benzene rings is 1. The van der Waals surface area contributed by atoms with Gasteiger partial charge in [-0.05, 0) is 0 Å². The molecule has 5 heteroatoms. The SMILES string of the molecule is CN(C)c1nc(-c2ccccc2)c(CNCCO)s1. The molecule has 2 N–H and O–H groups in total. The molecule has 0 aliphatic carbocycles. The van der Waals surface area contributed by atoms with Gasteiger partial charge in [0.05, 0.1) is 12.3 Å². The Hall–Kier alpha value is -1.43. The highest BCUT2D eigenvalue weighted by molar-refractivity contribution is 7.16. The molecule has 0 fully saturated rings. The molecule has 0 bridgehead atoms. The van der Waals surface area contributed by atoms with Gasteiger partial charge in [-0.1, -0.05) is 41.7 Å². The molecule has 0 aliphatic heterocycles. The van der Waals surface area contributed by atoms with E-state index in [1.165, 1.54) is 4.88 Å². The number of aliphatic hydroxyl groups excluding tert-OH is 1. The van der Waals surface area contributed by atoms with Gasteiger partial charge in [0, 0.05) is 37.6 Å². The molecule has 0 saturated heterocycles. The zero-order chi connectivity index (χ0) is 13.7. The standard InChI is InChI=1S/C14H19N3OS/c1-17(2)14-16-13(11-6-4-3-5-7-11)12(19-14)10-15-8-9-18/h3-7,15,18H,8-10H2,1-2H3. The van der Waals surface area contributed by atoms with Crippen LogP contribution in [0.2, 0.25) is 0 Å². The zero-order valence-corrected chi connectivity index (χ0v) is 12.1. The molecule has 1 aromatic carbocycles. The maximum absolute atomic E-state index is 8.84. The Labute approximate surface area is 117 Å². The molecule has 102 valence electrons. The summed E-state index contributed by atoms with van der Waals surface area (Å²) in [5.41, 5.74) is 2.16. The van der Waals surface area contributed by atoms with E-state index in [0.717, 1.165) is 22.9 Å². The molecule has 1 heterocycles. The number of anilines is 1. The predicted molar refractivity (Wildman–Crippen MR) is 80.7 cm³/mol. The number of hydrogen-bond acceptors (Lipinski definition) is 5. The minimum atomic E-state index is 0.153. The topological polar surface area (TPSA) is 48.4 Å². The van der Waals surface area contributed by atoms with E-state index < -0.39 is 0 Å². The van der Waals surface area contributed by atoms with Crippen LogP contribution in [-0.2, 0) is 6.54 Å². The van der Waals surface area contributed by atoms with Gasteiger partial charge in [0.1, 0.15) is 0 Å². The van der Waals surface area contributed by atoms with E-state index in [1.54, 1.807) is 11.3 Å². The van der Waals surface area contributed by atoms with Crippen LogP contribution in [0.4, 0.5) is 5.13 Å². The summed E-state index contributed by atoms with van der Waals surface area (Å²) in [6.45, 7) is 1.49. The number of aromatic nitrogens is 1. The maximum Gasteiger partial charge on any atom is 0.185 e. The maximum atomic E-state index is 8.84. The molecule has 19 heavy (non-hydrogen) atoms. The molecular weight excluding hydrogens is 258 g/mol. The monoisotopic (exact) mass is 277 g/mol. The van der Waals surface area contributed by atoms with E-state index in [4.69, 9.17) is 10.1 Å². The van der Waals surface area contributed by atoms with Crippen LogP contribution in [0.3, 0.4) is 0 Å². The Bertz CT molecular complexity index is 511. The van der Waals surface area contributed by atoms with Gasteiger partial charge >= 0.3 is 0 Å². The Morgan fingerprint density at radius 2 is 2.00 bits per heavy atom. The fraction of sp³-hybridized carbons (Fsp3) is 0.357. The van der Waals surface area contributed by atoms with Crippen LogP contribution in [0, 0.1) is 0 Å². The van der Waals surface area contributed by atoms with Crippen molar-refractivity contribution in [1.29, 1.82) is 0 Å². The molecule has 2 rings (SSSR count). The van der Waals surface area contributed by atoms with E-state index in [2.05, 4.69) is 17.4 Å². The van der Waals surface area contributed by atoms with Crippen LogP contribution >= 0.6 is 11.3 Å². The van der Waals surface area contributed by atoms with Crippen molar-refractivity contribution >= 4 is 16.5 Å². The molecule has 1 aromatic heterocycles. The third-order valence-corrected chi connectivity index (χ3v) is 3.91. The Morgan fingerprint density at radius 1 is 1.26 bits per heavy atom. The van der Waals surface area contributed by atoms with Gasteiger partial charge in [0.2, 0.25) is 0 Å². The van der Waals surface area contributed by atoms with Gasteiger partial charge in [0.25, 0.3) is 0 Å². The molecular formula is C14H19N3OS. The number of rotatable bonds is 6. The summed E-state index contributed by atoms with van der Waals surface area (Å²) < 4.78 is 0. The van der Waals surface area contributed by atoms with Crippen molar-refractivity contribution in [3.05, 3.63) is 35.2 Å². The van der Waals surface area contributed by atoms with Crippen LogP contribution in [0.15, 0.2) is 30.3 Å². The van der Waals surface area contributed by atoms with Gasteiger partial charge in [-0.25, -0.2) is 4.98 Å². The van der Waals surface area contributed by atoms with Crippen molar-refractivity contribution in [2.45, 2.75) is 6.54 Å². The van der Waals surface area contributed by atoms with Crippen LogP contribution in [0.25, 0.3) is 11.3 Å². The van der Waals surface area contributed by atoms with Crippen molar-refractivity contribution in [2.75, 3.05) is 32.1 Å². The van der Waals surface area contributed by atoms with Crippen LogP contribution in [0.5, 0.6) is 0 Å². The van der Waals surface area contributed by atoms with Crippen LogP contribution < -0.4 is 10.2 Å². The quantitative estimate of drug-likeness (QED) is 0.793. The summed E-state index contributed by atoms with van der Waals surface area (Å²) >= 11 is 1.68. The molecule has 0 atom stereocenters. The Morgan fingerprint density at radius 3 is 2.63 bits per heavy atom. The first kappa shape index (κ1) is 14.0. The number of aliphatic hydroxyl groups is 1. The van der Waals surface area contributed by atoms with Gasteiger partial charge < -0.3 is 15.3 Å². The Balaban J connectivity index is 2.29. The lowest BCUT2D eigenvalue weighted by Gasteiger charge is -2.05. The summed E-state index contributed by atoms with van der Waals surface area (Å²) in [6, 6.07) is 10.2. The average molecular weight is 277 g/mol. The lowest BCUT2D eigenvalue weighted by molar-refractivity contribution is 0.292. The van der Waals surface area contributed by atoms with Gasteiger partial charge in [-0.2, -0.15) is 0 Å². The largest absolute Gasteiger partial charge is 0.395 e. The first-order valence-corrected chi connectivity index (χ1v) is 7.08. The highest BCUT2D eigenvalue weighted by atomic mass is 32.1. The second-order valence-corrected chi connectivity index (χ2v) is 5.49. The van der Waals surface area contributed by atoms with Crippen molar-refractivity contribution in [3.63, 3.8) is 0 Å². The molecule has 0 amide bonds. The fourth-order valence-electron chi connectivity index (χ4n) is 1.75. The number of nitrogens with zero attached hydrogens (tertiary/aromatic N) is 2. The normalized spacial score (nSPS) is 10.7. The van der Waals surface area contributed by atoms with Gasteiger partial charge in [0.15, 0.2) is 5.13 Å². The highest BCUT2D eigenvalue weighted by Gasteiger charge is 2.13. The lowest BCUT2D eigenvalue weighted by atomic mass is 10.1. The molecule has 0 aliphatic rings. The van der Waals surface area contributed by atoms with E-state index in [0.29, 0.717) is 6.54 Å². The minimum absolute atomic E-state index is 0.153. The van der Waals surface area contributed by atoms with Crippen molar-refractivity contribution < 1.29 is 5.11 Å². The fourth-order valence-corrected chi connectivity index (χ4v) is 2.73. The molecule has 2 aromatic rings. The predicted octanol–water partition coefficient (Wildman–Crippen LogP) is 1.96. The van der Waals surface area contributed by atoms with E-state index in [1.807, 2.05) is 37.2 Å². The minimum Gasteiger partial charge on any atom is -0.395 e. The van der Waals surface area contributed by atoms with E-state index in [-0.39, 0.29) is 6.61 Å². The second-order valence-electron chi connectivity index (χ2n) is 4.43. The second kappa shape index (κ2) is 6.65. The summed E-state index contributed by atoms with van der Waals surface area (Å²) in [4.78, 5) is 7.92.